The Morgan fingerprint density at radius 1 is 1.26 bits per heavy atom. The van der Waals surface area contributed by atoms with E-state index in [0.717, 1.165) is 0 Å². The van der Waals surface area contributed by atoms with Crippen LogP contribution in [0.4, 0.5) is 11.4 Å². The second-order valence-corrected chi connectivity index (χ2v) is 4.04. The van der Waals surface area contributed by atoms with E-state index in [0.29, 0.717) is 0 Å². The van der Waals surface area contributed by atoms with Crippen LogP contribution in [-0.2, 0) is 0 Å². The fourth-order valence-corrected chi connectivity index (χ4v) is 1.61. The number of anilines is 2. The van der Waals surface area contributed by atoms with Crippen molar-refractivity contribution in [2.45, 2.75) is 0 Å². The summed E-state index contributed by atoms with van der Waals surface area (Å²) < 4.78 is 4.92. The summed E-state index contributed by atoms with van der Waals surface area (Å²) in [5.74, 6) is -1.81. The van der Waals surface area contributed by atoms with Gasteiger partial charge >= 0.3 is 5.97 Å². The third kappa shape index (κ3) is 2.86. The van der Waals surface area contributed by atoms with E-state index in [4.69, 9.17) is 26.9 Å². The number of halogens is 1. The first-order valence-electron chi connectivity index (χ1n) is 5.17. The van der Waals surface area contributed by atoms with Crippen LogP contribution >= 0.6 is 11.6 Å². The van der Waals surface area contributed by atoms with Crippen molar-refractivity contribution in [3.05, 3.63) is 46.9 Å². The number of carbonyl (C=O) groups excluding carboxylic acids is 1. The summed E-state index contributed by atoms with van der Waals surface area (Å²) in [5.41, 5.74) is 5.81. The van der Waals surface area contributed by atoms with Gasteiger partial charge in [-0.3, -0.25) is 4.79 Å². The molecule has 19 heavy (non-hydrogen) atoms. The van der Waals surface area contributed by atoms with Crippen LogP contribution in [0.15, 0.2) is 34.7 Å². The third-order valence-corrected chi connectivity index (χ3v) is 2.52. The number of nitrogens with one attached hydrogen (secondary N) is 1. The van der Waals surface area contributed by atoms with Crippen molar-refractivity contribution in [1.82, 2.24) is 0 Å². The molecule has 1 heterocycles. The fourth-order valence-electron chi connectivity index (χ4n) is 1.47. The van der Waals surface area contributed by atoms with Gasteiger partial charge in [0, 0.05) is 5.69 Å². The maximum atomic E-state index is 11.8. The van der Waals surface area contributed by atoms with Gasteiger partial charge in [-0.25, -0.2) is 4.79 Å². The van der Waals surface area contributed by atoms with Crippen molar-refractivity contribution >= 4 is 34.9 Å². The molecule has 0 spiro atoms. The average molecular weight is 281 g/mol. The topological polar surface area (TPSA) is 106 Å². The molecule has 0 atom stereocenters. The highest BCUT2D eigenvalue weighted by Gasteiger charge is 2.16. The minimum atomic E-state index is -1.19. The largest absolute Gasteiger partial charge is 0.478 e. The molecule has 1 aromatic carbocycles. The summed E-state index contributed by atoms with van der Waals surface area (Å²) in [6.07, 6.45) is 0. The lowest BCUT2D eigenvalue weighted by Gasteiger charge is -2.07. The van der Waals surface area contributed by atoms with E-state index >= 15 is 0 Å². The van der Waals surface area contributed by atoms with Gasteiger partial charge in [0.05, 0.1) is 11.3 Å². The van der Waals surface area contributed by atoms with Gasteiger partial charge in [0.1, 0.15) is 0 Å². The molecule has 0 fully saturated rings. The van der Waals surface area contributed by atoms with Gasteiger partial charge in [0.25, 0.3) is 5.91 Å². The smallest absolute Gasteiger partial charge is 0.337 e. The van der Waals surface area contributed by atoms with Crippen LogP contribution in [0.3, 0.4) is 0 Å². The van der Waals surface area contributed by atoms with E-state index in [1.165, 1.54) is 30.3 Å². The molecule has 4 N–H and O–H groups in total. The van der Waals surface area contributed by atoms with Gasteiger partial charge in [-0.2, -0.15) is 0 Å². The Morgan fingerprint density at radius 2 is 2.00 bits per heavy atom. The summed E-state index contributed by atoms with van der Waals surface area (Å²) in [6.45, 7) is 0. The lowest BCUT2D eigenvalue weighted by Crippen LogP contribution is -2.14. The second-order valence-electron chi connectivity index (χ2n) is 3.67. The highest BCUT2D eigenvalue weighted by Crippen LogP contribution is 2.21. The summed E-state index contributed by atoms with van der Waals surface area (Å²) in [6, 6.07) is 6.94. The number of aromatic carboxylic acids is 1. The predicted molar refractivity (Wildman–Crippen MR) is 69.5 cm³/mol. The molecule has 0 aliphatic rings. The minimum absolute atomic E-state index is 0.0156. The molecule has 2 aromatic rings. The number of furan rings is 1. The van der Waals surface area contributed by atoms with Gasteiger partial charge in [-0.1, -0.05) is 0 Å². The second kappa shape index (κ2) is 5.03. The molecular weight excluding hydrogens is 272 g/mol. The van der Waals surface area contributed by atoms with Crippen LogP contribution in [-0.4, -0.2) is 17.0 Å². The summed E-state index contributed by atoms with van der Waals surface area (Å²) in [5, 5.41) is 11.5. The lowest BCUT2D eigenvalue weighted by atomic mass is 10.1. The first-order chi connectivity index (χ1) is 8.97. The van der Waals surface area contributed by atoms with Crippen molar-refractivity contribution < 1.29 is 19.1 Å². The number of carbonyl (C=O) groups is 2. The summed E-state index contributed by atoms with van der Waals surface area (Å²) in [4.78, 5) is 22.8. The Kier molecular flexibility index (Phi) is 3.43. The van der Waals surface area contributed by atoms with Gasteiger partial charge in [0.15, 0.2) is 11.0 Å². The first kappa shape index (κ1) is 13.0. The van der Waals surface area contributed by atoms with Gasteiger partial charge in [-0.05, 0) is 41.9 Å². The van der Waals surface area contributed by atoms with Gasteiger partial charge in [-0.15, -0.1) is 0 Å². The molecule has 0 aliphatic heterocycles. The molecule has 0 bridgehead atoms. The number of nitrogens with two attached hydrogens (primary N) is 1. The fraction of sp³-hybridized carbons (Fsp3) is 0. The average Bonchev–Trinajstić information content (AvgIpc) is 2.78. The molecular formula is C12H9ClN2O4. The summed E-state index contributed by atoms with van der Waals surface area (Å²) in [7, 11) is 0. The van der Waals surface area contributed by atoms with Crippen LogP contribution in [0, 0.1) is 0 Å². The van der Waals surface area contributed by atoms with Crippen LogP contribution in [0.2, 0.25) is 5.22 Å². The molecule has 1 aromatic heterocycles. The molecule has 0 radical (unpaired) electrons. The van der Waals surface area contributed by atoms with E-state index in [2.05, 4.69) is 5.32 Å². The number of carboxylic acids is 1. The number of carboxylic acid groups (broad SMARTS) is 1. The van der Waals surface area contributed by atoms with E-state index in [-0.39, 0.29) is 27.9 Å². The first-order valence-corrected chi connectivity index (χ1v) is 5.54. The van der Waals surface area contributed by atoms with E-state index in [1.807, 2.05) is 0 Å². The standard InChI is InChI=1S/C12H9ClN2O4/c13-10-4-3-9(19-10)11(16)15-8-2-1-6(14)5-7(8)12(17)18/h1-5H,14H2,(H,15,16)(H,17,18). The Labute approximate surface area is 112 Å². The summed E-state index contributed by atoms with van der Waals surface area (Å²) >= 11 is 5.55. The molecule has 0 unspecified atom stereocenters. The molecule has 2 rings (SSSR count). The van der Waals surface area contributed by atoms with Crippen LogP contribution in [0.25, 0.3) is 0 Å². The molecule has 1 amide bonds. The van der Waals surface area contributed by atoms with E-state index in [1.54, 1.807) is 0 Å². The third-order valence-electron chi connectivity index (χ3n) is 2.32. The van der Waals surface area contributed by atoms with Crippen LogP contribution in [0.5, 0.6) is 0 Å². The van der Waals surface area contributed by atoms with Crippen LogP contribution in [0.1, 0.15) is 20.9 Å². The normalized spacial score (nSPS) is 10.2. The molecule has 6 nitrogen and oxygen atoms in total. The Morgan fingerprint density at radius 3 is 2.58 bits per heavy atom. The van der Waals surface area contributed by atoms with Crippen molar-refractivity contribution in [2.75, 3.05) is 11.1 Å². The number of benzene rings is 1. The molecule has 98 valence electrons. The van der Waals surface area contributed by atoms with E-state index < -0.39 is 11.9 Å². The molecule has 0 saturated heterocycles. The number of hydrogen-bond donors (Lipinski definition) is 3. The monoisotopic (exact) mass is 280 g/mol. The molecule has 7 heteroatoms. The maximum absolute atomic E-state index is 11.8. The van der Waals surface area contributed by atoms with Crippen molar-refractivity contribution in [2.24, 2.45) is 0 Å². The van der Waals surface area contributed by atoms with Crippen molar-refractivity contribution in [1.29, 1.82) is 0 Å². The molecule has 0 aliphatic carbocycles. The lowest BCUT2D eigenvalue weighted by molar-refractivity contribution is 0.0698. The molecule has 0 saturated carbocycles. The van der Waals surface area contributed by atoms with Crippen LogP contribution < -0.4 is 11.1 Å². The number of amides is 1. The number of rotatable bonds is 3. The number of nitrogen functional groups attached to an aromatic ring is 1. The van der Waals surface area contributed by atoms with Gasteiger partial charge < -0.3 is 20.6 Å². The Hall–Kier alpha value is -2.47. The SMILES string of the molecule is Nc1ccc(NC(=O)c2ccc(Cl)o2)c(C(=O)O)c1. The Balaban J connectivity index is 2.28. The quantitative estimate of drug-likeness (QED) is 0.749. The number of hydrogen-bond acceptors (Lipinski definition) is 4. The van der Waals surface area contributed by atoms with E-state index in [9.17, 15) is 9.59 Å². The highest BCUT2D eigenvalue weighted by atomic mass is 35.5. The van der Waals surface area contributed by atoms with Gasteiger partial charge in [0.2, 0.25) is 0 Å². The van der Waals surface area contributed by atoms with Crippen molar-refractivity contribution in [3.63, 3.8) is 0 Å². The Bertz CT molecular complexity index is 651. The maximum Gasteiger partial charge on any atom is 0.337 e. The zero-order valence-corrected chi connectivity index (χ0v) is 10.3. The zero-order valence-electron chi connectivity index (χ0n) is 9.51. The highest BCUT2D eigenvalue weighted by molar-refractivity contribution is 6.29. The zero-order chi connectivity index (χ0) is 14.0. The predicted octanol–water partition coefficient (Wildman–Crippen LogP) is 2.47. The minimum Gasteiger partial charge on any atom is -0.478 e. The van der Waals surface area contributed by atoms with Crippen molar-refractivity contribution in [3.8, 4) is 0 Å².